The summed E-state index contributed by atoms with van der Waals surface area (Å²) in [7, 11) is 1.60. The number of hydrogen-bond donors (Lipinski definition) is 0. The fourth-order valence-corrected chi connectivity index (χ4v) is 4.33. The molecule has 0 saturated carbocycles. The van der Waals surface area contributed by atoms with Crippen LogP contribution in [0.1, 0.15) is 11.1 Å². The molecule has 2 aromatic heterocycles. The highest BCUT2D eigenvalue weighted by Crippen LogP contribution is 2.29. The zero-order valence-corrected chi connectivity index (χ0v) is 18.1. The van der Waals surface area contributed by atoms with Gasteiger partial charge in [-0.05, 0) is 29.3 Å². The van der Waals surface area contributed by atoms with Gasteiger partial charge in [0.2, 0.25) is 4.96 Å². The van der Waals surface area contributed by atoms with E-state index in [1.165, 1.54) is 11.3 Å². The quantitative estimate of drug-likeness (QED) is 0.399. The number of ether oxygens (including phenoxy) is 2. The predicted molar refractivity (Wildman–Crippen MR) is 125 cm³/mol. The van der Waals surface area contributed by atoms with Gasteiger partial charge in [-0.15, -0.1) is 10.2 Å². The molecule has 0 fully saturated rings. The number of aromatic nitrogens is 3. The zero-order valence-electron chi connectivity index (χ0n) is 17.3. The highest BCUT2D eigenvalue weighted by Gasteiger charge is 2.14. The molecule has 0 N–H and O–H groups in total. The molecule has 0 radical (unpaired) electrons. The Bertz CT molecular complexity index is 1480. The molecule has 7 heteroatoms. The van der Waals surface area contributed by atoms with E-state index in [9.17, 15) is 4.79 Å². The van der Waals surface area contributed by atoms with Crippen LogP contribution in [0, 0.1) is 0 Å². The van der Waals surface area contributed by atoms with E-state index in [0.717, 1.165) is 16.7 Å². The Morgan fingerprint density at radius 2 is 1.69 bits per heavy atom. The zero-order chi connectivity index (χ0) is 21.9. The van der Waals surface area contributed by atoms with Crippen LogP contribution in [-0.2, 0) is 6.61 Å². The highest BCUT2D eigenvalue weighted by molar-refractivity contribution is 7.15. The summed E-state index contributed by atoms with van der Waals surface area (Å²) in [6.45, 7) is 0.447. The number of fused-ring (bicyclic) bond motifs is 1. The second-order valence-corrected chi connectivity index (χ2v) is 8.12. The van der Waals surface area contributed by atoms with E-state index in [1.54, 1.807) is 11.5 Å². The average molecular weight is 442 g/mol. The Kier molecular flexibility index (Phi) is 5.39. The Morgan fingerprint density at radius 3 is 2.44 bits per heavy atom. The van der Waals surface area contributed by atoms with Crippen molar-refractivity contribution in [3.63, 3.8) is 0 Å². The molecule has 32 heavy (non-hydrogen) atoms. The van der Waals surface area contributed by atoms with Gasteiger partial charge in [0, 0.05) is 5.56 Å². The molecular formula is C25H19N3O3S. The van der Waals surface area contributed by atoms with E-state index in [0.29, 0.717) is 33.4 Å². The van der Waals surface area contributed by atoms with Crippen molar-refractivity contribution in [3.8, 4) is 22.9 Å². The van der Waals surface area contributed by atoms with Crippen LogP contribution in [-0.4, -0.2) is 21.7 Å². The van der Waals surface area contributed by atoms with E-state index in [2.05, 4.69) is 10.2 Å². The molecule has 5 aromatic rings. The van der Waals surface area contributed by atoms with Gasteiger partial charge in [0.05, 0.1) is 11.6 Å². The Labute approximate surface area is 188 Å². The number of hydrogen-bond acceptors (Lipinski definition) is 6. The van der Waals surface area contributed by atoms with Gasteiger partial charge < -0.3 is 9.47 Å². The lowest BCUT2D eigenvalue weighted by Crippen LogP contribution is -2.23. The second-order valence-electron chi connectivity index (χ2n) is 7.11. The molecule has 6 nitrogen and oxygen atoms in total. The van der Waals surface area contributed by atoms with Crippen LogP contribution in [0.5, 0.6) is 11.5 Å². The van der Waals surface area contributed by atoms with Crippen LogP contribution in [0.4, 0.5) is 0 Å². The number of nitrogens with zero attached hydrogens (tertiary/aromatic N) is 3. The van der Waals surface area contributed by atoms with Gasteiger partial charge in [-0.3, -0.25) is 4.79 Å². The van der Waals surface area contributed by atoms with E-state index < -0.39 is 0 Å². The molecule has 0 aliphatic heterocycles. The van der Waals surface area contributed by atoms with Gasteiger partial charge in [0.1, 0.15) is 6.61 Å². The number of rotatable bonds is 6. The molecule has 5 rings (SSSR count). The lowest BCUT2D eigenvalue weighted by atomic mass is 10.2. The minimum absolute atomic E-state index is 0.141. The summed E-state index contributed by atoms with van der Waals surface area (Å²) in [5.41, 5.74) is 2.62. The first kappa shape index (κ1) is 20.0. The molecule has 0 atom stereocenters. The first-order valence-electron chi connectivity index (χ1n) is 10.0. The van der Waals surface area contributed by atoms with Crippen LogP contribution in [0.15, 0.2) is 83.7 Å². The van der Waals surface area contributed by atoms with Gasteiger partial charge >= 0.3 is 0 Å². The second kappa shape index (κ2) is 8.64. The van der Waals surface area contributed by atoms with Crippen molar-refractivity contribution in [2.45, 2.75) is 6.61 Å². The molecule has 0 amide bonds. The summed E-state index contributed by atoms with van der Waals surface area (Å²) in [6, 6.07) is 25.1. The van der Waals surface area contributed by atoms with Gasteiger partial charge in [-0.25, -0.2) is 4.40 Å². The van der Waals surface area contributed by atoms with Crippen molar-refractivity contribution >= 4 is 22.4 Å². The normalized spacial score (nSPS) is 11.7. The van der Waals surface area contributed by atoms with Crippen LogP contribution in [0.2, 0.25) is 0 Å². The highest BCUT2D eigenvalue weighted by atomic mass is 32.1. The largest absolute Gasteiger partial charge is 0.493 e. The van der Waals surface area contributed by atoms with Crippen molar-refractivity contribution in [3.05, 3.63) is 105 Å². The first-order valence-corrected chi connectivity index (χ1v) is 10.8. The minimum Gasteiger partial charge on any atom is -0.493 e. The average Bonchev–Trinajstić information content (AvgIpc) is 3.39. The molecule has 3 aromatic carbocycles. The van der Waals surface area contributed by atoms with Crippen molar-refractivity contribution in [2.75, 3.05) is 7.11 Å². The van der Waals surface area contributed by atoms with Crippen LogP contribution >= 0.6 is 11.3 Å². The van der Waals surface area contributed by atoms with Gasteiger partial charge in [-0.1, -0.05) is 78.1 Å². The van der Waals surface area contributed by atoms with E-state index in [4.69, 9.17) is 9.47 Å². The fourth-order valence-electron chi connectivity index (χ4n) is 3.42. The lowest BCUT2D eigenvalue weighted by molar-refractivity contribution is 0.284. The van der Waals surface area contributed by atoms with Gasteiger partial charge in [0.15, 0.2) is 17.3 Å². The number of benzene rings is 3. The predicted octanol–water partition coefficient (Wildman–Crippen LogP) is 3.95. The molecule has 0 bridgehead atoms. The fraction of sp³-hybridized carbons (Fsp3) is 0.0800. The summed E-state index contributed by atoms with van der Waals surface area (Å²) in [4.78, 5) is 13.6. The molecule has 0 spiro atoms. The Morgan fingerprint density at radius 1 is 0.938 bits per heavy atom. The molecule has 0 unspecified atom stereocenters. The molecule has 0 saturated heterocycles. The summed E-state index contributed by atoms with van der Waals surface area (Å²) >= 11 is 1.31. The molecule has 0 aliphatic rings. The maximum absolute atomic E-state index is 13.1. The standard InChI is InChI=1S/C25H19N3O3S/c1-30-21-14-18(12-13-20(21)31-16-17-8-4-2-5-9-17)15-22-24(29)28-23(26-27-25(28)32-22)19-10-6-3-7-11-19/h2-15H,16H2,1H3/b22-15+. The maximum atomic E-state index is 13.1. The minimum atomic E-state index is -0.141. The number of thiazole rings is 1. The van der Waals surface area contributed by atoms with E-state index >= 15 is 0 Å². The summed E-state index contributed by atoms with van der Waals surface area (Å²) in [6.07, 6.45) is 1.83. The maximum Gasteiger partial charge on any atom is 0.276 e. The SMILES string of the molecule is COc1cc(/C=c2/sc3nnc(-c4ccccc4)n3c2=O)ccc1OCc1ccccc1. The number of methoxy groups -OCH3 is 1. The smallest absolute Gasteiger partial charge is 0.276 e. The summed E-state index contributed by atoms with van der Waals surface area (Å²) in [5, 5.41) is 8.38. The van der Waals surface area contributed by atoms with Gasteiger partial charge in [0.25, 0.3) is 5.56 Å². The summed E-state index contributed by atoms with van der Waals surface area (Å²) < 4.78 is 13.6. The van der Waals surface area contributed by atoms with E-state index in [-0.39, 0.29) is 5.56 Å². The van der Waals surface area contributed by atoms with Crippen LogP contribution in [0.25, 0.3) is 22.4 Å². The third kappa shape index (κ3) is 3.86. The van der Waals surface area contributed by atoms with Crippen molar-refractivity contribution < 1.29 is 9.47 Å². The van der Waals surface area contributed by atoms with Crippen molar-refractivity contribution in [1.82, 2.24) is 14.6 Å². The summed E-state index contributed by atoms with van der Waals surface area (Å²) in [5.74, 6) is 1.80. The van der Waals surface area contributed by atoms with Crippen LogP contribution in [0.3, 0.4) is 0 Å². The third-order valence-electron chi connectivity index (χ3n) is 5.00. The molecule has 0 aliphatic carbocycles. The van der Waals surface area contributed by atoms with Crippen LogP contribution < -0.4 is 19.6 Å². The Hall–Kier alpha value is -3.97. The topological polar surface area (TPSA) is 65.7 Å². The van der Waals surface area contributed by atoms with Crippen molar-refractivity contribution in [2.24, 2.45) is 0 Å². The first-order chi connectivity index (χ1) is 15.7. The molecule has 2 heterocycles. The molecular weight excluding hydrogens is 422 g/mol. The van der Waals surface area contributed by atoms with Gasteiger partial charge in [-0.2, -0.15) is 0 Å². The Balaban J connectivity index is 1.48. The van der Waals surface area contributed by atoms with E-state index in [1.807, 2.05) is 84.9 Å². The monoisotopic (exact) mass is 441 g/mol. The molecule has 158 valence electrons. The van der Waals surface area contributed by atoms with Crippen molar-refractivity contribution in [1.29, 1.82) is 0 Å². The lowest BCUT2D eigenvalue weighted by Gasteiger charge is -2.11. The third-order valence-corrected chi connectivity index (χ3v) is 5.96.